The monoisotopic (exact) mass is 501 g/mol. The van der Waals surface area contributed by atoms with Crippen molar-refractivity contribution in [2.75, 3.05) is 6.61 Å². The van der Waals surface area contributed by atoms with E-state index in [0.717, 1.165) is 11.3 Å². The lowest BCUT2D eigenvalue weighted by Gasteiger charge is -2.34. The molecule has 1 N–H and O–H groups in total. The second-order valence-corrected chi connectivity index (χ2v) is 8.71. The van der Waals surface area contributed by atoms with Crippen LogP contribution in [0.25, 0.3) is 0 Å². The average molecular weight is 502 g/mol. The van der Waals surface area contributed by atoms with E-state index in [4.69, 9.17) is 4.74 Å². The molecule has 2 aromatic carbocycles. The normalized spacial score (nSPS) is 15.5. The van der Waals surface area contributed by atoms with Crippen molar-refractivity contribution in [2.24, 2.45) is 0 Å². The van der Waals surface area contributed by atoms with Gasteiger partial charge in [0.05, 0.1) is 31.0 Å². The molecule has 190 valence electrons. The van der Waals surface area contributed by atoms with Crippen LogP contribution in [0.5, 0.6) is 0 Å². The molecule has 0 radical (unpaired) electrons. The van der Waals surface area contributed by atoms with Gasteiger partial charge in [-0.1, -0.05) is 30.3 Å². The predicted octanol–water partition coefficient (Wildman–Crippen LogP) is 4.50. The first kappa shape index (κ1) is 25.8. The van der Waals surface area contributed by atoms with Crippen LogP contribution in [-0.4, -0.2) is 34.3 Å². The highest BCUT2D eigenvalue weighted by atomic mass is 19.1. The first-order valence-electron chi connectivity index (χ1n) is 12.1. The number of nitrogens with zero attached hydrogens (tertiary/aromatic N) is 2. The molecule has 37 heavy (non-hydrogen) atoms. The molecule has 0 saturated carbocycles. The number of aromatic nitrogens is 1. The van der Waals surface area contributed by atoms with E-state index < -0.39 is 11.9 Å². The number of esters is 1. The van der Waals surface area contributed by atoms with Gasteiger partial charge in [-0.15, -0.1) is 0 Å². The molecule has 0 saturated heterocycles. The molecule has 0 spiro atoms. The van der Waals surface area contributed by atoms with E-state index in [1.165, 1.54) is 12.1 Å². The van der Waals surface area contributed by atoms with Crippen LogP contribution in [0.3, 0.4) is 0 Å². The zero-order valence-electron chi connectivity index (χ0n) is 20.7. The third-order valence-electron chi connectivity index (χ3n) is 6.30. The molecule has 4 rings (SSSR count). The molecule has 0 aliphatic carbocycles. The third kappa shape index (κ3) is 6.09. The number of amides is 2. The maximum Gasteiger partial charge on any atom is 0.336 e. The molecule has 0 fully saturated rings. The van der Waals surface area contributed by atoms with Crippen molar-refractivity contribution in [2.45, 2.75) is 39.3 Å². The van der Waals surface area contributed by atoms with Crippen LogP contribution >= 0.6 is 0 Å². The quantitative estimate of drug-likeness (QED) is 0.459. The van der Waals surface area contributed by atoms with E-state index in [2.05, 4.69) is 10.3 Å². The number of ether oxygens (including phenoxy) is 1. The Morgan fingerprint density at radius 2 is 1.81 bits per heavy atom. The van der Waals surface area contributed by atoms with Crippen LogP contribution in [0, 0.1) is 5.82 Å². The summed E-state index contributed by atoms with van der Waals surface area (Å²) in [5.41, 5.74) is 3.62. The zero-order chi connectivity index (χ0) is 26.4. The lowest BCUT2D eigenvalue weighted by Crippen LogP contribution is -2.38. The fraction of sp³-hybridized carbons (Fsp3) is 0.241. The Morgan fingerprint density at radius 3 is 2.46 bits per heavy atom. The number of halogens is 1. The largest absolute Gasteiger partial charge is 0.463 e. The molecule has 8 heteroatoms. The molecule has 0 unspecified atom stereocenters. The van der Waals surface area contributed by atoms with Gasteiger partial charge in [0.2, 0.25) is 5.91 Å². The number of hydrogen-bond donors (Lipinski definition) is 1. The minimum Gasteiger partial charge on any atom is -0.463 e. The molecule has 2 amide bonds. The number of benzene rings is 2. The van der Waals surface area contributed by atoms with Crippen LogP contribution in [0.15, 0.2) is 84.2 Å². The molecule has 7 nitrogen and oxygen atoms in total. The molecular weight excluding hydrogens is 473 g/mol. The van der Waals surface area contributed by atoms with Gasteiger partial charge in [0.25, 0.3) is 5.91 Å². The smallest absolute Gasteiger partial charge is 0.336 e. The highest BCUT2D eigenvalue weighted by molar-refractivity contribution is 5.96. The van der Waals surface area contributed by atoms with Gasteiger partial charge in [0.1, 0.15) is 5.82 Å². The molecule has 1 aliphatic rings. The van der Waals surface area contributed by atoms with Crippen LogP contribution in [0.2, 0.25) is 0 Å². The van der Waals surface area contributed by atoms with Crippen LogP contribution in [0.1, 0.15) is 53.4 Å². The summed E-state index contributed by atoms with van der Waals surface area (Å²) in [6.45, 7) is 4.20. The van der Waals surface area contributed by atoms with Crippen LogP contribution < -0.4 is 5.32 Å². The van der Waals surface area contributed by atoms with Crippen molar-refractivity contribution < 1.29 is 23.5 Å². The Morgan fingerprint density at radius 1 is 1.08 bits per heavy atom. The van der Waals surface area contributed by atoms with E-state index in [1.807, 2.05) is 18.2 Å². The summed E-state index contributed by atoms with van der Waals surface area (Å²) in [7, 11) is 0. The van der Waals surface area contributed by atoms with Crippen molar-refractivity contribution in [3.8, 4) is 0 Å². The summed E-state index contributed by atoms with van der Waals surface area (Å²) in [6.07, 6.45) is 1.73. The highest BCUT2D eigenvalue weighted by Gasteiger charge is 2.36. The number of hydrogen-bond acceptors (Lipinski definition) is 5. The number of rotatable bonds is 8. The van der Waals surface area contributed by atoms with Crippen molar-refractivity contribution >= 4 is 17.8 Å². The Hall–Kier alpha value is -4.33. The summed E-state index contributed by atoms with van der Waals surface area (Å²) < 4.78 is 18.8. The summed E-state index contributed by atoms with van der Waals surface area (Å²) in [5.74, 6) is -1.79. The van der Waals surface area contributed by atoms with Gasteiger partial charge >= 0.3 is 5.97 Å². The summed E-state index contributed by atoms with van der Waals surface area (Å²) in [4.78, 5) is 44.3. The Balaban J connectivity index is 1.52. The SMILES string of the molecule is CCOC(=O)C1=C(C)N(Cc2ccc(C(=O)NCc3ccccn3)cc2)C(=O)C[C@H]1c1ccc(F)cc1. The number of allylic oxidation sites excluding steroid dienone is 1. The summed E-state index contributed by atoms with van der Waals surface area (Å²) in [5, 5.41) is 2.84. The molecule has 1 aliphatic heterocycles. The minimum atomic E-state index is -0.520. The average Bonchev–Trinajstić information content (AvgIpc) is 2.91. The molecule has 1 aromatic heterocycles. The predicted molar refractivity (Wildman–Crippen MR) is 135 cm³/mol. The first-order chi connectivity index (χ1) is 17.9. The minimum absolute atomic E-state index is 0.0606. The Kier molecular flexibility index (Phi) is 8.08. The topological polar surface area (TPSA) is 88.6 Å². The lowest BCUT2D eigenvalue weighted by molar-refractivity contribution is -0.140. The van der Waals surface area contributed by atoms with Gasteiger partial charge in [0, 0.05) is 29.8 Å². The summed E-state index contributed by atoms with van der Waals surface area (Å²) >= 11 is 0. The lowest BCUT2D eigenvalue weighted by atomic mass is 9.83. The second-order valence-electron chi connectivity index (χ2n) is 8.71. The van der Waals surface area contributed by atoms with Crippen LogP contribution in [0.4, 0.5) is 4.39 Å². The van der Waals surface area contributed by atoms with Gasteiger partial charge in [-0.2, -0.15) is 0 Å². The highest BCUT2D eigenvalue weighted by Crippen LogP contribution is 2.37. The van der Waals surface area contributed by atoms with Crippen molar-refractivity contribution in [1.29, 1.82) is 0 Å². The van der Waals surface area contributed by atoms with Crippen molar-refractivity contribution in [3.05, 3.63) is 112 Å². The van der Waals surface area contributed by atoms with E-state index >= 15 is 0 Å². The van der Waals surface area contributed by atoms with Gasteiger partial charge < -0.3 is 15.0 Å². The second kappa shape index (κ2) is 11.6. The van der Waals surface area contributed by atoms with Gasteiger partial charge in [-0.25, -0.2) is 9.18 Å². The zero-order valence-corrected chi connectivity index (χ0v) is 20.7. The molecule has 2 heterocycles. The number of nitrogens with one attached hydrogen (secondary N) is 1. The molecular formula is C29H28FN3O4. The van der Waals surface area contributed by atoms with E-state index in [0.29, 0.717) is 28.9 Å². The van der Waals surface area contributed by atoms with E-state index in [9.17, 15) is 18.8 Å². The maximum atomic E-state index is 13.5. The van der Waals surface area contributed by atoms with Gasteiger partial charge in [-0.05, 0) is 61.4 Å². The molecule has 1 atom stereocenters. The van der Waals surface area contributed by atoms with E-state index in [-0.39, 0.29) is 37.2 Å². The fourth-order valence-electron chi connectivity index (χ4n) is 4.38. The number of carbonyl (C=O) groups excluding carboxylic acids is 3. The molecule has 0 bridgehead atoms. The van der Waals surface area contributed by atoms with Crippen molar-refractivity contribution in [1.82, 2.24) is 15.2 Å². The summed E-state index contributed by atoms with van der Waals surface area (Å²) in [6, 6.07) is 18.3. The third-order valence-corrected chi connectivity index (χ3v) is 6.30. The Labute approximate surface area is 215 Å². The fourth-order valence-corrected chi connectivity index (χ4v) is 4.38. The molecule has 3 aromatic rings. The maximum absolute atomic E-state index is 13.5. The van der Waals surface area contributed by atoms with E-state index in [1.54, 1.807) is 61.3 Å². The standard InChI is InChI=1S/C29H28FN3O4/c1-3-37-29(36)27-19(2)33(26(34)16-25(27)21-11-13-23(30)14-12-21)18-20-7-9-22(10-8-20)28(35)32-17-24-6-4-5-15-31-24/h4-15,25H,3,16-18H2,1-2H3,(H,32,35)/t25-/m0/s1. The van der Waals surface area contributed by atoms with Gasteiger partial charge in [0.15, 0.2) is 0 Å². The first-order valence-corrected chi connectivity index (χ1v) is 12.1. The Bertz CT molecular complexity index is 1310. The van der Waals surface area contributed by atoms with Crippen LogP contribution in [-0.2, 0) is 27.4 Å². The van der Waals surface area contributed by atoms with Crippen molar-refractivity contribution in [3.63, 3.8) is 0 Å². The number of carbonyl (C=O) groups is 3. The number of pyridine rings is 1. The van der Waals surface area contributed by atoms with Gasteiger partial charge in [-0.3, -0.25) is 14.6 Å².